The number of halogens is 5. The Labute approximate surface area is 249 Å². The third-order valence-electron chi connectivity index (χ3n) is 5.84. The van der Waals surface area contributed by atoms with Gasteiger partial charge in [-0.15, -0.1) is 0 Å². The van der Waals surface area contributed by atoms with E-state index in [1.54, 1.807) is 12.2 Å². The van der Waals surface area contributed by atoms with Crippen molar-refractivity contribution in [1.82, 2.24) is 10.0 Å². The Morgan fingerprint density at radius 1 is 1.00 bits per heavy atom. The van der Waals surface area contributed by atoms with Crippen LogP contribution >= 0.6 is 11.6 Å². The first-order valence-corrected chi connectivity index (χ1v) is 16.1. The fourth-order valence-electron chi connectivity index (χ4n) is 4.07. The summed E-state index contributed by atoms with van der Waals surface area (Å²) in [6, 6.07) is 10.0. The number of carbonyl (C=O) groups is 2. The molecular formula is C28H21ClF3IN3O4S-. The Bertz CT molecular complexity index is 1710. The molecule has 0 saturated heterocycles. The second kappa shape index (κ2) is 12.9. The fourth-order valence-corrected chi connectivity index (χ4v) is 7.32. The molecule has 3 aromatic carbocycles. The van der Waals surface area contributed by atoms with Gasteiger partial charge >= 0.3 is 250 Å². The van der Waals surface area contributed by atoms with Gasteiger partial charge in [-0.05, 0) is 0 Å². The van der Waals surface area contributed by atoms with E-state index in [1.807, 2.05) is 12.9 Å². The number of urea groups is 1. The summed E-state index contributed by atoms with van der Waals surface area (Å²) < 4.78 is 73.7. The molecule has 7 nitrogen and oxygen atoms in total. The Balaban J connectivity index is 1.74. The topological polar surface area (TPSA) is 118 Å². The summed E-state index contributed by atoms with van der Waals surface area (Å²) in [7, 11) is -4.39. The fraction of sp³-hybridized carbons (Fsp3) is 0.0714. The van der Waals surface area contributed by atoms with Crippen molar-refractivity contribution in [2.24, 2.45) is 5.73 Å². The predicted octanol–water partition coefficient (Wildman–Crippen LogP) is 2.04. The number of allylic oxidation sites excluding steroid dienone is 2. The molecule has 0 unspecified atom stereocenters. The van der Waals surface area contributed by atoms with Crippen molar-refractivity contribution >= 4 is 39.1 Å². The molecule has 0 aliphatic carbocycles. The number of sulfonamides is 1. The second-order valence-corrected chi connectivity index (χ2v) is 12.8. The Kier molecular flexibility index (Phi) is 9.56. The number of hydrogen-bond acceptors (Lipinski definition) is 4. The van der Waals surface area contributed by atoms with Crippen molar-refractivity contribution in [2.45, 2.75) is 17.4 Å². The van der Waals surface area contributed by atoms with Crippen molar-refractivity contribution in [3.63, 3.8) is 0 Å². The first-order chi connectivity index (χ1) is 19.4. The molecule has 1 atom stereocenters. The number of nitrogens with one attached hydrogen (secondary N) is 2. The van der Waals surface area contributed by atoms with Crippen LogP contribution in [0, 0.1) is 17.5 Å². The monoisotopic (exact) mass is 714 g/mol. The standard InChI is InChI=1S/C28H21ClF3IN3O4S/c29-23-5-1-2-6-26(23)41(39,40)36-28(38)35-25(12-16-10-18(30)14-19(31)11-16)22-15-33-9-3-4-20(22)17-7-8-24(32)21(13-17)27(34)37/h1-11,13-15,25H,12H2,(H2,34,37)(H2,35,36,38)/q-1/t25-/m0/s1. The summed E-state index contributed by atoms with van der Waals surface area (Å²) in [4.78, 5) is 24.6. The molecule has 214 valence electrons. The zero-order valence-electron chi connectivity index (χ0n) is 20.9. The molecule has 13 heteroatoms. The molecule has 0 spiro atoms. The Morgan fingerprint density at radius 3 is 2.39 bits per heavy atom. The summed E-state index contributed by atoms with van der Waals surface area (Å²) in [6.07, 6.45) is 3.28. The van der Waals surface area contributed by atoms with Crippen LogP contribution in [-0.4, -0.2) is 26.4 Å². The van der Waals surface area contributed by atoms with Crippen LogP contribution in [0.15, 0.2) is 91.4 Å². The maximum atomic E-state index is 14.2. The van der Waals surface area contributed by atoms with E-state index in [1.165, 1.54) is 36.4 Å². The molecule has 1 aliphatic heterocycles. The van der Waals surface area contributed by atoms with Gasteiger partial charge in [-0.25, -0.2) is 0 Å². The van der Waals surface area contributed by atoms with Gasteiger partial charge in [0.15, 0.2) is 0 Å². The molecule has 0 saturated carbocycles. The molecule has 4 rings (SSSR count). The van der Waals surface area contributed by atoms with E-state index in [4.69, 9.17) is 17.3 Å². The van der Waals surface area contributed by atoms with E-state index >= 15 is 0 Å². The number of nitrogens with two attached hydrogens (primary N) is 1. The van der Waals surface area contributed by atoms with Gasteiger partial charge in [0, 0.05) is 0 Å². The third-order valence-corrected chi connectivity index (χ3v) is 9.53. The second-order valence-electron chi connectivity index (χ2n) is 8.69. The summed E-state index contributed by atoms with van der Waals surface area (Å²) in [5, 5.41) is 2.49. The first-order valence-electron chi connectivity index (χ1n) is 11.8. The van der Waals surface area contributed by atoms with E-state index < -0.39 is 66.7 Å². The van der Waals surface area contributed by atoms with Gasteiger partial charge < -0.3 is 0 Å². The van der Waals surface area contributed by atoms with Crippen molar-refractivity contribution in [3.8, 4) is 0 Å². The SMILES string of the molecule is NC(=O)c1cc(C2=CC=C[I-]C=C2[C@H](Cc2cc(F)cc(F)c2)NC(=O)NS(=O)(=O)c2ccccc2Cl)ccc1F. The van der Waals surface area contributed by atoms with Crippen molar-refractivity contribution in [1.29, 1.82) is 0 Å². The molecule has 0 aromatic heterocycles. The van der Waals surface area contributed by atoms with E-state index in [0.717, 1.165) is 18.2 Å². The van der Waals surface area contributed by atoms with Crippen LogP contribution in [0.4, 0.5) is 18.0 Å². The molecule has 3 aromatic rings. The molecule has 1 aliphatic rings. The van der Waals surface area contributed by atoms with Gasteiger partial charge in [-0.3, -0.25) is 0 Å². The zero-order chi connectivity index (χ0) is 29.7. The molecule has 4 N–H and O–H groups in total. The summed E-state index contributed by atoms with van der Waals surface area (Å²) in [6.45, 7) is 0. The van der Waals surface area contributed by atoms with Gasteiger partial charge in [0.05, 0.1) is 0 Å². The number of amides is 3. The van der Waals surface area contributed by atoms with Crippen molar-refractivity contribution < 1.29 is 52.4 Å². The van der Waals surface area contributed by atoms with Crippen LogP contribution in [0.5, 0.6) is 0 Å². The molecule has 0 bridgehead atoms. The number of primary amides is 1. The van der Waals surface area contributed by atoms with Gasteiger partial charge in [-0.1, -0.05) is 0 Å². The van der Waals surface area contributed by atoms with Gasteiger partial charge in [0.25, 0.3) is 0 Å². The molecule has 0 radical (unpaired) electrons. The van der Waals surface area contributed by atoms with Gasteiger partial charge in [0.2, 0.25) is 0 Å². The average molecular weight is 715 g/mol. The summed E-state index contributed by atoms with van der Waals surface area (Å²) >= 11 is 5.27. The van der Waals surface area contributed by atoms with Gasteiger partial charge in [0.1, 0.15) is 0 Å². The van der Waals surface area contributed by atoms with Crippen LogP contribution in [0.1, 0.15) is 21.5 Å². The predicted molar refractivity (Wildman–Crippen MR) is 144 cm³/mol. The van der Waals surface area contributed by atoms with Crippen LogP contribution in [0.2, 0.25) is 5.02 Å². The van der Waals surface area contributed by atoms with Crippen molar-refractivity contribution in [2.75, 3.05) is 0 Å². The number of rotatable bonds is 8. The molecular weight excluding hydrogens is 694 g/mol. The molecule has 3 amide bonds. The average Bonchev–Trinajstić information content (AvgIpc) is 3.14. The maximum absolute atomic E-state index is 14.2. The van der Waals surface area contributed by atoms with E-state index in [-0.39, 0.29) is 27.5 Å². The van der Waals surface area contributed by atoms with Crippen LogP contribution in [0.25, 0.3) is 5.57 Å². The molecule has 0 fully saturated rings. The minimum absolute atomic E-state index is 0.103. The van der Waals surface area contributed by atoms with E-state index in [9.17, 15) is 31.2 Å². The Hall–Kier alpha value is -3.62. The Morgan fingerprint density at radius 2 is 1.71 bits per heavy atom. The van der Waals surface area contributed by atoms with Crippen LogP contribution in [-0.2, 0) is 16.4 Å². The number of hydrogen-bond donors (Lipinski definition) is 3. The quantitative estimate of drug-likeness (QED) is 0.310. The van der Waals surface area contributed by atoms with E-state index in [0.29, 0.717) is 22.8 Å². The van der Waals surface area contributed by atoms with Gasteiger partial charge in [-0.2, -0.15) is 0 Å². The normalized spacial score (nSPS) is 14.1. The number of benzene rings is 3. The molecule has 41 heavy (non-hydrogen) atoms. The summed E-state index contributed by atoms with van der Waals surface area (Å²) in [5.41, 5.74) is 6.44. The summed E-state index contributed by atoms with van der Waals surface area (Å²) in [5.74, 6) is -3.48. The molecule has 1 heterocycles. The van der Waals surface area contributed by atoms with E-state index in [2.05, 4.69) is 5.32 Å². The minimum atomic E-state index is -4.39. The third kappa shape index (κ3) is 7.57. The first kappa shape index (κ1) is 30.3. The number of carbonyl (C=O) groups excluding carboxylic acids is 2. The van der Waals surface area contributed by atoms with Crippen molar-refractivity contribution in [3.05, 3.63) is 126 Å². The zero-order valence-corrected chi connectivity index (χ0v) is 24.6. The van der Waals surface area contributed by atoms with Crippen LogP contribution < -0.4 is 37.0 Å². The van der Waals surface area contributed by atoms with Crippen LogP contribution in [0.3, 0.4) is 0 Å².